The van der Waals surface area contributed by atoms with E-state index in [1.165, 1.54) is 18.5 Å². The van der Waals surface area contributed by atoms with E-state index in [2.05, 4.69) is 14.7 Å². The topological polar surface area (TPSA) is 91.9 Å². The van der Waals surface area contributed by atoms with Crippen molar-refractivity contribution in [2.24, 2.45) is 11.8 Å². The van der Waals surface area contributed by atoms with Gasteiger partial charge in [0, 0.05) is 23.3 Å². The van der Waals surface area contributed by atoms with Crippen molar-refractivity contribution in [2.45, 2.75) is 20.3 Å². The van der Waals surface area contributed by atoms with E-state index < -0.39 is 38.7 Å². The molecule has 0 aliphatic heterocycles. The molecule has 1 aromatic carbocycles. The van der Waals surface area contributed by atoms with Gasteiger partial charge in [-0.1, -0.05) is 26.0 Å². The van der Waals surface area contributed by atoms with Gasteiger partial charge >= 0.3 is 0 Å². The summed E-state index contributed by atoms with van der Waals surface area (Å²) >= 11 is 0. The second-order valence-corrected chi connectivity index (χ2v) is 9.61. The van der Waals surface area contributed by atoms with E-state index in [0.717, 1.165) is 12.1 Å². The zero-order chi connectivity index (χ0) is 23.0. The van der Waals surface area contributed by atoms with Crippen LogP contribution >= 0.6 is 0 Å². The monoisotopic (exact) mass is 457 g/mol. The van der Waals surface area contributed by atoms with Gasteiger partial charge in [0.1, 0.15) is 11.5 Å². The van der Waals surface area contributed by atoms with Gasteiger partial charge in [0.25, 0.3) is 10.0 Å². The molecule has 0 fully saturated rings. The second-order valence-electron chi connectivity index (χ2n) is 7.93. The Hall–Kier alpha value is -3.33. The highest BCUT2D eigenvalue weighted by Crippen LogP contribution is 2.30. The van der Waals surface area contributed by atoms with Crippen LogP contribution in [0.4, 0.5) is 14.5 Å². The lowest BCUT2D eigenvalue weighted by molar-refractivity contribution is 0.103. The molecule has 32 heavy (non-hydrogen) atoms. The number of sulfonamides is 1. The third-order valence-electron chi connectivity index (χ3n) is 5.52. The fraction of sp³-hybridized carbons (Fsp3) is 0.217. The molecule has 0 radical (unpaired) electrons. The first-order chi connectivity index (χ1) is 15.2. The molecule has 3 aromatic rings. The van der Waals surface area contributed by atoms with Gasteiger partial charge in [0.15, 0.2) is 5.82 Å². The van der Waals surface area contributed by atoms with Crippen molar-refractivity contribution < 1.29 is 22.0 Å². The number of halogens is 2. The Bertz CT molecular complexity index is 1370. The number of nitrogens with one attached hydrogen (secondary N) is 2. The maximum absolute atomic E-state index is 15.2. The average Bonchev–Trinajstić information content (AvgIpc) is 3.20. The van der Waals surface area contributed by atoms with Gasteiger partial charge in [-0.15, -0.1) is 0 Å². The van der Waals surface area contributed by atoms with Gasteiger partial charge < -0.3 is 4.98 Å². The summed E-state index contributed by atoms with van der Waals surface area (Å²) in [5.74, 6) is -2.73. The van der Waals surface area contributed by atoms with Gasteiger partial charge in [0.2, 0.25) is 5.78 Å². The maximum Gasteiger partial charge on any atom is 0.261 e. The number of rotatable bonds is 6. The summed E-state index contributed by atoms with van der Waals surface area (Å²) < 4.78 is 57.4. The number of H-pyrrole nitrogens is 1. The third-order valence-corrected chi connectivity index (χ3v) is 6.94. The minimum absolute atomic E-state index is 0.00583. The molecule has 6 nitrogen and oxygen atoms in total. The van der Waals surface area contributed by atoms with Crippen LogP contribution in [-0.4, -0.2) is 24.2 Å². The average molecular weight is 458 g/mol. The number of allylic oxidation sites excluding steroid dienone is 3. The molecule has 1 atom stereocenters. The van der Waals surface area contributed by atoms with Crippen LogP contribution in [0.15, 0.2) is 59.8 Å². The fourth-order valence-electron chi connectivity index (χ4n) is 3.63. The molecule has 0 spiro atoms. The number of hydrogen-bond donors (Lipinski definition) is 2. The molecule has 2 heterocycles. The molecular weight excluding hydrogens is 436 g/mol. The normalized spacial score (nSPS) is 16.4. The molecule has 1 aliphatic carbocycles. The van der Waals surface area contributed by atoms with Crippen LogP contribution < -0.4 is 4.72 Å². The molecule has 0 saturated heterocycles. The summed E-state index contributed by atoms with van der Waals surface area (Å²) in [6.45, 7) is 4.08. The molecule has 1 aliphatic rings. The van der Waals surface area contributed by atoms with E-state index in [4.69, 9.17) is 0 Å². The Morgan fingerprint density at radius 3 is 2.72 bits per heavy atom. The molecule has 0 bridgehead atoms. The van der Waals surface area contributed by atoms with Gasteiger partial charge in [-0.3, -0.25) is 9.52 Å². The van der Waals surface area contributed by atoms with Gasteiger partial charge in [0.05, 0.1) is 16.2 Å². The van der Waals surface area contributed by atoms with E-state index in [9.17, 15) is 17.6 Å². The fourth-order valence-corrected chi connectivity index (χ4v) is 4.77. The van der Waals surface area contributed by atoms with E-state index in [0.29, 0.717) is 23.4 Å². The van der Waals surface area contributed by atoms with E-state index in [1.807, 2.05) is 13.8 Å². The molecule has 0 saturated carbocycles. The number of aromatic nitrogens is 2. The van der Waals surface area contributed by atoms with Crippen LogP contribution in [0.1, 0.15) is 36.2 Å². The van der Waals surface area contributed by atoms with Crippen molar-refractivity contribution in [3.8, 4) is 0 Å². The first-order valence-corrected chi connectivity index (χ1v) is 11.5. The number of carbonyl (C=O) groups excluding carboxylic acids is 1. The Balaban J connectivity index is 1.67. The number of pyridine rings is 1. The highest BCUT2D eigenvalue weighted by atomic mass is 32.2. The Labute approximate surface area is 184 Å². The number of benzene rings is 1. The highest BCUT2D eigenvalue weighted by molar-refractivity contribution is 7.96. The lowest BCUT2D eigenvalue weighted by Gasteiger charge is -2.20. The van der Waals surface area contributed by atoms with Crippen molar-refractivity contribution in [1.29, 1.82) is 0 Å². The highest BCUT2D eigenvalue weighted by Gasteiger charge is 2.27. The van der Waals surface area contributed by atoms with Crippen LogP contribution in [0.2, 0.25) is 0 Å². The Morgan fingerprint density at radius 2 is 2.03 bits per heavy atom. The quantitative estimate of drug-likeness (QED) is 0.514. The molecular formula is C23H21F2N3O3S. The smallest absolute Gasteiger partial charge is 0.261 e. The molecule has 2 aromatic heterocycles. The SMILES string of the molecule is CC(C)C1C=CC(S(=O)(=O)Nc2ccc(F)c(C(=O)c3c[nH]c4ncccc34)c2F)=CC1. The first-order valence-electron chi connectivity index (χ1n) is 10.0. The molecule has 9 heteroatoms. The molecule has 4 rings (SSSR count). The summed E-state index contributed by atoms with van der Waals surface area (Å²) in [5.41, 5.74) is -0.927. The van der Waals surface area contributed by atoms with Crippen molar-refractivity contribution in [1.82, 2.24) is 9.97 Å². The predicted octanol–water partition coefficient (Wildman–Crippen LogP) is 4.93. The lowest BCUT2D eigenvalue weighted by atomic mass is 9.90. The van der Waals surface area contributed by atoms with Gasteiger partial charge in [-0.2, -0.15) is 0 Å². The van der Waals surface area contributed by atoms with Crippen molar-refractivity contribution in [3.05, 3.63) is 82.6 Å². The number of anilines is 1. The van der Waals surface area contributed by atoms with Crippen LogP contribution in [0.5, 0.6) is 0 Å². The van der Waals surface area contributed by atoms with E-state index in [1.54, 1.807) is 24.3 Å². The largest absolute Gasteiger partial charge is 0.345 e. The van der Waals surface area contributed by atoms with Crippen LogP contribution in [-0.2, 0) is 10.0 Å². The molecule has 166 valence electrons. The molecule has 1 unspecified atom stereocenters. The summed E-state index contributed by atoms with van der Waals surface area (Å²) in [6, 6.07) is 5.02. The number of ketones is 1. The minimum Gasteiger partial charge on any atom is -0.345 e. The van der Waals surface area contributed by atoms with Crippen molar-refractivity contribution in [2.75, 3.05) is 4.72 Å². The van der Waals surface area contributed by atoms with Crippen LogP contribution in [0.25, 0.3) is 11.0 Å². The number of nitrogens with zero attached hydrogens (tertiary/aromatic N) is 1. The van der Waals surface area contributed by atoms with Crippen LogP contribution in [0.3, 0.4) is 0 Å². The van der Waals surface area contributed by atoms with Gasteiger partial charge in [-0.05, 0) is 48.6 Å². The Kier molecular flexibility index (Phi) is 5.68. The maximum atomic E-state index is 15.2. The Morgan fingerprint density at radius 1 is 1.25 bits per heavy atom. The zero-order valence-corrected chi connectivity index (χ0v) is 18.2. The summed E-state index contributed by atoms with van der Waals surface area (Å²) in [5, 5.41) is 0.402. The number of hydrogen-bond acceptors (Lipinski definition) is 4. The summed E-state index contributed by atoms with van der Waals surface area (Å²) in [7, 11) is -4.12. The van der Waals surface area contributed by atoms with Crippen LogP contribution in [0, 0.1) is 23.5 Å². The van der Waals surface area contributed by atoms with E-state index >= 15 is 4.39 Å². The first kappa shape index (κ1) is 21.9. The minimum atomic E-state index is -4.12. The summed E-state index contributed by atoms with van der Waals surface area (Å²) in [6.07, 6.45) is 8.22. The summed E-state index contributed by atoms with van der Waals surface area (Å²) in [4.78, 5) is 19.8. The zero-order valence-electron chi connectivity index (χ0n) is 17.4. The van der Waals surface area contributed by atoms with Gasteiger partial charge in [-0.25, -0.2) is 22.2 Å². The predicted molar refractivity (Wildman–Crippen MR) is 119 cm³/mol. The third kappa shape index (κ3) is 3.95. The van der Waals surface area contributed by atoms with Crippen molar-refractivity contribution in [3.63, 3.8) is 0 Å². The number of fused-ring (bicyclic) bond motifs is 1. The molecule has 0 amide bonds. The standard InChI is InChI=1S/C23H21F2N3O3S/c1-13(2)14-5-7-15(8-6-14)32(30,31)28-19-10-9-18(24)20(21(19)25)22(29)17-12-27-23-16(17)4-3-11-26-23/h3-5,7-14,28H,6H2,1-2H3,(H,26,27). The lowest BCUT2D eigenvalue weighted by Crippen LogP contribution is -2.19. The van der Waals surface area contributed by atoms with Crippen molar-refractivity contribution >= 4 is 32.5 Å². The number of aromatic amines is 1. The number of carbonyl (C=O) groups is 1. The molecule has 2 N–H and O–H groups in total. The van der Waals surface area contributed by atoms with E-state index in [-0.39, 0.29) is 16.4 Å². The second kappa shape index (κ2) is 8.31.